The molecule has 0 radical (unpaired) electrons. The zero-order valence-electron chi connectivity index (χ0n) is 12.2. The average Bonchev–Trinajstić information content (AvgIpc) is 2.36. The zero-order chi connectivity index (χ0) is 15.2. The molecule has 1 N–H and O–H groups in total. The predicted octanol–water partition coefficient (Wildman–Crippen LogP) is 3.34. The van der Waals surface area contributed by atoms with Crippen molar-refractivity contribution in [3.05, 3.63) is 48.6 Å². The van der Waals surface area contributed by atoms with E-state index in [2.05, 4.69) is 11.9 Å². The van der Waals surface area contributed by atoms with Crippen LogP contribution in [0.25, 0.3) is 0 Å². The summed E-state index contributed by atoms with van der Waals surface area (Å²) in [6.07, 6.45) is 1.35. The van der Waals surface area contributed by atoms with Crippen molar-refractivity contribution in [2.75, 3.05) is 0 Å². The molecule has 0 saturated heterocycles. The summed E-state index contributed by atoms with van der Waals surface area (Å²) in [5, 5.41) is 2.59. The number of ether oxygens (including phenoxy) is 1. The van der Waals surface area contributed by atoms with Gasteiger partial charge in [-0.3, -0.25) is 4.79 Å². The summed E-state index contributed by atoms with van der Waals surface area (Å²) < 4.78 is 5.16. The van der Waals surface area contributed by atoms with Crippen molar-refractivity contribution >= 4 is 11.9 Å². The minimum Gasteiger partial charge on any atom is -0.444 e. The van der Waals surface area contributed by atoms with Crippen molar-refractivity contribution in [1.82, 2.24) is 5.32 Å². The van der Waals surface area contributed by atoms with Crippen molar-refractivity contribution < 1.29 is 14.3 Å². The van der Waals surface area contributed by atoms with Crippen LogP contribution in [-0.2, 0) is 4.74 Å². The molecule has 4 heteroatoms. The van der Waals surface area contributed by atoms with Gasteiger partial charge in [-0.15, -0.1) is 6.58 Å². The van der Waals surface area contributed by atoms with E-state index >= 15 is 0 Å². The van der Waals surface area contributed by atoms with E-state index in [-0.39, 0.29) is 5.78 Å². The molecule has 0 bridgehead atoms. The van der Waals surface area contributed by atoms with E-state index < -0.39 is 17.7 Å². The van der Waals surface area contributed by atoms with Crippen LogP contribution < -0.4 is 5.32 Å². The first-order chi connectivity index (χ1) is 9.33. The fourth-order valence-electron chi connectivity index (χ4n) is 1.65. The smallest absolute Gasteiger partial charge is 0.408 e. The van der Waals surface area contributed by atoms with Crippen LogP contribution in [0.2, 0.25) is 0 Å². The third kappa shape index (κ3) is 5.26. The molecule has 0 saturated carbocycles. The quantitative estimate of drug-likeness (QED) is 0.662. The van der Waals surface area contributed by atoms with Crippen LogP contribution in [0.3, 0.4) is 0 Å². The SMILES string of the molecule is C=CCC(NC(=O)OC(C)(C)C)C(=O)c1ccccc1. The van der Waals surface area contributed by atoms with Gasteiger partial charge in [0.05, 0.1) is 6.04 Å². The Hall–Kier alpha value is -2.10. The highest BCUT2D eigenvalue weighted by Crippen LogP contribution is 2.10. The summed E-state index contributed by atoms with van der Waals surface area (Å²) in [6, 6.07) is 8.17. The summed E-state index contributed by atoms with van der Waals surface area (Å²) in [5.41, 5.74) is -0.0473. The van der Waals surface area contributed by atoms with E-state index in [0.717, 1.165) is 0 Å². The first-order valence-electron chi connectivity index (χ1n) is 6.53. The van der Waals surface area contributed by atoms with Crippen LogP contribution in [-0.4, -0.2) is 23.5 Å². The van der Waals surface area contributed by atoms with Gasteiger partial charge >= 0.3 is 6.09 Å². The normalized spacial score (nSPS) is 12.3. The summed E-state index contributed by atoms with van der Waals surface area (Å²) in [4.78, 5) is 24.1. The molecule has 0 heterocycles. The number of benzene rings is 1. The Morgan fingerprint density at radius 2 is 1.90 bits per heavy atom. The fraction of sp³-hybridized carbons (Fsp3) is 0.375. The highest BCUT2D eigenvalue weighted by atomic mass is 16.6. The zero-order valence-corrected chi connectivity index (χ0v) is 12.2. The Bertz CT molecular complexity index is 474. The van der Waals surface area contributed by atoms with Gasteiger partial charge in [0.15, 0.2) is 5.78 Å². The van der Waals surface area contributed by atoms with Gasteiger partial charge in [-0.1, -0.05) is 36.4 Å². The van der Waals surface area contributed by atoms with Crippen LogP contribution in [0.15, 0.2) is 43.0 Å². The van der Waals surface area contributed by atoms with Crippen molar-refractivity contribution in [2.45, 2.75) is 38.8 Å². The molecule has 0 aromatic heterocycles. The Labute approximate surface area is 119 Å². The number of amides is 1. The maximum absolute atomic E-state index is 12.3. The van der Waals surface area contributed by atoms with Gasteiger partial charge in [0.25, 0.3) is 0 Å². The minimum atomic E-state index is -0.662. The van der Waals surface area contributed by atoms with Crippen LogP contribution in [0.4, 0.5) is 4.79 Å². The fourth-order valence-corrected chi connectivity index (χ4v) is 1.65. The van der Waals surface area contributed by atoms with Gasteiger partial charge in [-0.2, -0.15) is 0 Å². The summed E-state index contributed by atoms with van der Waals surface area (Å²) in [7, 11) is 0. The lowest BCUT2D eigenvalue weighted by Gasteiger charge is -2.22. The first kappa shape index (κ1) is 16.0. The molecule has 0 aliphatic rings. The van der Waals surface area contributed by atoms with Gasteiger partial charge in [0.1, 0.15) is 5.60 Å². The van der Waals surface area contributed by atoms with Gasteiger partial charge in [0.2, 0.25) is 0 Å². The van der Waals surface area contributed by atoms with Gasteiger partial charge < -0.3 is 10.1 Å². The number of hydrogen-bond acceptors (Lipinski definition) is 3. The third-order valence-electron chi connectivity index (χ3n) is 2.47. The molecular formula is C16H21NO3. The van der Waals surface area contributed by atoms with Crippen molar-refractivity contribution in [3.8, 4) is 0 Å². The second-order valence-corrected chi connectivity index (χ2v) is 5.45. The van der Waals surface area contributed by atoms with E-state index in [0.29, 0.717) is 12.0 Å². The number of carbonyl (C=O) groups is 2. The molecule has 1 amide bonds. The Morgan fingerprint density at radius 1 is 1.30 bits per heavy atom. The van der Waals surface area contributed by atoms with E-state index in [1.807, 2.05) is 6.07 Å². The lowest BCUT2D eigenvalue weighted by Crippen LogP contribution is -2.43. The molecule has 1 rings (SSSR count). The molecule has 20 heavy (non-hydrogen) atoms. The Morgan fingerprint density at radius 3 is 2.40 bits per heavy atom. The highest BCUT2D eigenvalue weighted by Gasteiger charge is 2.24. The van der Waals surface area contributed by atoms with E-state index in [4.69, 9.17) is 4.74 Å². The number of hydrogen-bond donors (Lipinski definition) is 1. The molecular weight excluding hydrogens is 254 g/mol. The highest BCUT2D eigenvalue weighted by molar-refractivity contribution is 6.01. The maximum atomic E-state index is 12.3. The molecule has 1 atom stereocenters. The second kappa shape index (κ2) is 6.89. The van der Waals surface area contributed by atoms with Crippen LogP contribution in [0.5, 0.6) is 0 Å². The number of alkyl carbamates (subject to hydrolysis) is 1. The first-order valence-corrected chi connectivity index (χ1v) is 6.53. The largest absolute Gasteiger partial charge is 0.444 e. The molecule has 0 spiro atoms. The number of ketones is 1. The Kier molecular flexibility index (Phi) is 5.50. The third-order valence-corrected chi connectivity index (χ3v) is 2.47. The van der Waals surface area contributed by atoms with Gasteiger partial charge in [0, 0.05) is 5.56 Å². The molecule has 0 aliphatic carbocycles. The van der Waals surface area contributed by atoms with Crippen LogP contribution >= 0.6 is 0 Å². The van der Waals surface area contributed by atoms with E-state index in [1.54, 1.807) is 51.1 Å². The average molecular weight is 275 g/mol. The summed E-state index contributed by atoms with van der Waals surface area (Å²) in [5.74, 6) is -0.156. The maximum Gasteiger partial charge on any atom is 0.408 e. The number of nitrogens with one attached hydrogen (secondary N) is 1. The summed E-state index contributed by atoms with van der Waals surface area (Å²) >= 11 is 0. The minimum absolute atomic E-state index is 0.156. The predicted molar refractivity (Wildman–Crippen MR) is 78.7 cm³/mol. The number of rotatable bonds is 5. The standard InChI is InChI=1S/C16H21NO3/c1-5-9-13(17-15(19)20-16(2,3)4)14(18)12-10-7-6-8-11-12/h5-8,10-11,13H,1,9H2,2-4H3,(H,17,19). The van der Waals surface area contributed by atoms with Gasteiger partial charge in [-0.25, -0.2) is 4.79 Å². The summed E-state index contributed by atoms with van der Waals surface area (Å²) in [6.45, 7) is 8.93. The topological polar surface area (TPSA) is 55.4 Å². The lowest BCUT2D eigenvalue weighted by atomic mass is 10.0. The molecule has 1 aromatic carbocycles. The number of Topliss-reactive ketones (excluding diaryl/α,β-unsaturated/α-hetero) is 1. The van der Waals surface area contributed by atoms with Gasteiger partial charge in [-0.05, 0) is 27.2 Å². The Balaban J connectivity index is 2.77. The molecule has 4 nitrogen and oxygen atoms in total. The molecule has 1 aromatic rings. The van der Waals surface area contributed by atoms with E-state index in [1.165, 1.54) is 0 Å². The van der Waals surface area contributed by atoms with Crippen LogP contribution in [0, 0.1) is 0 Å². The lowest BCUT2D eigenvalue weighted by molar-refractivity contribution is 0.0492. The molecule has 0 fully saturated rings. The monoisotopic (exact) mass is 275 g/mol. The second-order valence-electron chi connectivity index (χ2n) is 5.45. The molecule has 108 valence electrons. The van der Waals surface area contributed by atoms with Crippen molar-refractivity contribution in [3.63, 3.8) is 0 Å². The number of carbonyl (C=O) groups excluding carboxylic acids is 2. The van der Waals surface area contributed by atoms with Crippen LogP contribution in [0.1, 0.15) is 37.6 Å². The van der Waals surface area contributed by atoms with Crippen molar-refractivity contribution in [2.24, 2.45) is 0 Å². The molecule has 1 unspecified atom stereocenters. The van der Waals surface area contributed by atoms with E-state index in [9.17, 15) is 9.59 Å². The van der Waals surface area contributed by atoms with Crippen molar-refractivity contribution in [1.29, 1.82) is 0 Å². The molecule has 0 aliphatic heterocycles.